The van der Waals surface area contributed by atoms with Gasteiger partial charge in [0.05, 0.1) is 10.0 Å². The third-order valence-corrected chi connectivity index (χ3v) is 3.08. The third-order valence-electron chi connectivity index (χ3n) is 2.47. The van der Waals surface area contributed by atoms with Crippen LogP contribution in [-0.4, -0.2) is 11.1 Å². The summed E-state index contributed by atoms with van der Waals surface area (Å²) in [6.07, 6.45) is 0. The normalized spacial score (nSPS) is 10.4. The summed E-state index contributed by atoms with van der Waals surface area (Å²) in [6.45, 7) is 0. The molecule has 0 aliphatic heterocycles. The number of aromatic carboxylic acids is 1. The number of halogens is 3. The van der Waals surface area contributed by atoms with Crippen molar-refractivity contribution in [1.29, 1.82) is 0 Å². The second-order valence-corrected chi connectivity index (χ2v) is 4.43. The Labute approximate surface area is 110 Å². The molecule has 2 rings (SSSR count). The van der Waals surface area contributed by atoms with Crippen LogP contribution in [0.4, 0.5) is 8.78 Å². The van der Waals surface area contributed by atoms with Gasteiger partial charge in [-0.3, -0.25) is 0 Å². The van der Waals surface area contributed by atoms with Crippen molar-refractivity contribution in [2.45, 2.75) is 0 Å². The number of carbonyl (C=O) groups is 1. The maximum absolute atomic E-state index is 14.0. The molecule has 92 valence electrons. The molecule has 1 N–H and O–H groups in total. The molecule has 2 aromatic rings. The van der Waals surface area contributed by atoms with Crippen LogP contribution >= 0.6 is 15.9 Å². The maximum atomic E-state index is 14.0. The quantitative estimate of drug-likeness (QED) is 0.906. The highest BCUT2D eigenvalue weighted by Crippen LogP contribution is 2.30. The monoisotopic (exact) mass is 312 g/mol. The predicted molar refractivity (Wildman–Crippen MR) is 66.5 cm³/mol. The van der Waals surface area contributed by atoms with Crippen molar-refractivity contribution < 1.29 is 18.7 Å². The van der Waals surface area contributed by atoms with Crippen LogP contribution in [0.25, 0.3) is 11.1 Å². The summed E-state index contributed by atoms with van der Waals surface area (Å²) < 4.78 is 28.0. The number of rotatable bonds is 2. The molecule has 0 aromatic heterocycles. The van der Waals surface area contributed by atoms with E-state index < -0.39 is 23.2 Å². The molecule has 0 fully saturated rings. The molecule has 0 saturated carbocycles. The lowest BCUT2D eigenvalue weighted by atomic mass is 10.0. The van der Waals surface area contributed by atoms with Gasteiger partial charge in [-0.2, -0.15) is 0 Å². The van der Waals surface area contributed by atoms with Gasteiger partial charge in [0.1, 0.15) is 11.6 Å². The molecule has 0 aliphatic rings. The van der Waals surface area contributed by atoms with Gasteiger partial charge in [0.15, 0.2) is 0 Å². The minimum absolute atomic E-state index is 0.0185. The van der Waals surface area contributed by atoms with E-state index in [1.54, 1.807) is 6.07 Å². The molecular weight excluding hydrogens is 306 g/mol. The fraction of sp³-hybridized carbons (Fsp3) is 0. The zero-order valence-electron chi connectivity index (χ0n) is 8.95. The molecule has 5 heteroatoms. The van der Waals surface area contributed by atoms with Gasteiger partial charge >= 0.3 is 5.97 Å². The Kier molecular flexibility index (Phi) is 3.43. The first-order valence-electron chi connectivity index (χ1n) is 4.98. The van der Waals surface area contributed by atoms with Crippen LogP contribution in [0, 0.1) is 11.6 Å². The van der Waals surface area contributed by atoms with E-state index in [0.29, 0.717) is 0 Å². The van der Waals surface area contributed by atoms with E-state index in [0.717, 1.165) is 6.07 Å². The summed E-state index contributed by atoms with van der Waals surface area (Å²) in [7, 11) is 0. The summed E-state index contributed by atoms with van der Waals surface area (Å²) in [5.41, 5.74) is -0.537. The number of hydrogen-bond donors (Lipinski definition) is 1. The Morgan fingerprint density at radius 2 is 1.56 bits per heavy atom. The second-order valence-electron chi connectivity index (χ2n) is 3.57. The SMILES string of the molecule is O=C(O)c1cccc(-c2cccc(Br)c2F)c1F. The lowest BCUT2D eigenvalue weighted by molar-refractivity contribution is 0.0692. The van der Waals surface area contributed by atoms with Gasteiger partial charge in [-0.05, 0) is 28.1 Å². The van der Waals surface area contributed by atoms with Crippen LogP contribution in [-0.2, 0) is 0 Å². The summed E-state index contributed by atoms with van der Waals surface area (Å²) >= 11 is 3.00. The summed E-state index contributed by atoms with van der Waals surface area (Å²) in [4.78, 5) is 10.8. The summed E-state index contributed by atoms with van der Waals surface area (Å²) in [6, 6.07) is 8.28. The Balaban J connectivity index is 2.69. The lowest BCUT2D eigenvalue weighted by Gasteiger charge is -2.08. The summed E-state index contributed by atoms with van der Waals surface area (Å²) in [5.74, 6) is -2.95. The highest BCUT2D eigenvalue weighted by atomic mass is 79.9. The number of benzene rings is 2. The van der Waals surface area contributed by atoms with Crippen LogP contribution in [0.2, 0.25) is 0 Å². The Hall–Kier alpha value is -1.75. The predicted octanol–water partition coefficient (Wildman–Crippen LogP) is 4.09. The number of hydrogen-bond acceptors (Lipinski definition) is 1. The van der Waals surface area contributed by atoms with E-state index >= 15 is 0 Å². The fourth-order valence-electron chi connectivity index (χ4n) is 1.62. The third kappa shape index (κ3) is 2.13. The van der Waals surface area contributed by atoms with Gasteiger partial charge in [-0.25, -0.2) is 13.6 Å². The lowest BCUT2D eigenvalue weighted by Crippen LogP contribution is -2.02. The number of carboxylic acids is 1. The molecule has 0 aliphatic carbocycles. The van der Waals surface area contributed by atoms with E-state index in [9.17, 15) is 13.6 Å². The van der Waals surface area contributed by atoms with Crippen LogP contribution in [0.3, 0.4) is 0 Å². The molecule has 18 heavy (non-hydrogen) atoms. The molecule has 0 heterocycles. The minimum Gasteiger partial charge on any atom is -0.478 e. The van der Waals surface area contributed by atoms with Crippen LogP contribution in [0.1, 0.15) is 10.4 Å². The van der Waals surface area contributed by atoms with Crippen LogP contribution in [0.5, 0.6) is 0 Å². The Bertz CT molecular complexity index is 626. The van der Waals surface area contributed by atoms with Crippen molar-refractivity contribution in [2.24, 2.45) is 0 Å². The van der Waals surface area contributed by atoms with Gasteiger partial charge < -0.3 is 5.11 Å². The van der Waals surface area contributed by atoms with Gasteiger partial charge in [-0.1, -0.05) is 24.3 Å². The smallest absolute Gasteiger partial charge is 0.338 e. The van der Waals surface area contributed by atoms with E-state index in [4.69, 9.17) is 5.11 Å². The van der Waals surface area contributed by atoms with Crippen molar-refractivity contribution in [3.8, 4) is 11.1 Å². The molecule has 0 atom stereocenters. The second kappa shape index (κ2) is 4.86. The maximum Gasteiger partial charge on any atom is 0.338 e. The van der Waals surface area contributed by atoms with Gasteiger partial charge in [0.2, 0.25) is 0 Å². The van der Waals surface area contributed by atoms with Crippen molar-refractivity contribution in [1.82, 2.24) is 0 Å². The Morgan fingerprint density at radius 3 is 2.17 bits per heavy atom. The molecule has 0 unspecified atom stereocenters. The van der Waals surface area contributed by atoms with Crippen molar-refractivity contribution >= 4 is 21.9 Å². The molecular formula is C13H7BrF2O2. The molecule has 0 amide bonds. The highest BCUT2D eigenvalue weighted by Gasteiger charge is 2.17. The van der Waals surface area contributed by atoms with Gasteiger partial charge in [-0.15, -0.1) is 0 Å². The van der Waals surface area contributed by atoms with Crippen molar-refractivity contribution in [3.63, 3.8) is 0 Å². The molecule has 0 spiro atoms. The highest BCUT2D eigenvalue weighted by molar-refractivity contribution is 9.10. The van der Waals surface area contributed by atoms with Crippen LogP contribution in [0.15, 0.2) is 40.9 Å². The first-order valence-corrected chi connectivity index (χ1v) is 5.78. The largest absolute Gasteiger partial charge is 0.478 e. The number of carboxylic acid groups (broad SMARTS) is 1. The molecule has 2 nitrogen and oxygen atoms in total. The zero-order valence-corrected chi connectivity index (χ0v) is 10.5. The van der Waals surface area contributed by atoms with Crippen molar-refractivity contribution in [3.05, 3.63) is 58.1 Å². The first kappa shape index (κ1) is 12.7. The molecule has 0 bridgehead atoms. The van der Waals surface area contributed by atoms with Gasteiger partial charge in [0, 0.05) is 11.1 Å². The van der Waals surface area contributed by atoms with Crippen LogP contribution < -0.4 is 0 Å². The standard InChI is InChI=1S/C13H7BrF2O2/c14-10-6-2-4-8(12(10)16)7-3-1-5-9(11(7)15)13(17)18/h1-6H,(H,17,18). The van der Waals surface area contributed by atoms with E-state index in [1.165, 1.54) is 24.3 Å². The minimum atomic E-state index is -1.38. The first-order chi connectivity index (χ1) is 8.52. The van der Waals surface area contributed by atoms with E-state index in [-0.39, 0.29) is 15.6 Å². The molecule has 0 saturated heterocycles. The molecule has 2 aromatic carbocycles. The van der Waals surface area contributed by atoms with Gasteiger partial charge in [0.25, 0.3) is 0 Å². The zero-order chi connectivity index (χ0) is 13.3. The topological polar surface area (TPSA) is 37.3 Å². The van der Waals surface area contributed by atoms with E-state index in [1.807, 2.05) is 0 Å². The van der Waals surface area contributed by atoms with Crippen molar-refractivity contribution in [2.75, 3.05) is 0 Å². The fourth-order valence-corrected chi connectivity index (χ4v) is 1.98. The Morgan fingerprint density at radius 1 is 1.00 bits per heavy atom. The van der Waals surface area contributed by atoms with E-state index in [2.05, 4.69) is 15.9 Å². The molecule has 0 radical (unpaired) electrons. The average Bonchev–Trinajstić information content (AvgIpc) is 2.33. The summed E-state index contributed by atoms with van der Waals surface area (Å²) in [5, 5.41) is 8.82. The average molecular weight is 313 g/mol.